The van der Waals surface area contributed by atoms with Crippen LogP contribution in [0.15, 0.2) is 54.6 Å². The number of para-hydroxylation sites is 1. The molecule has 1 heterocycles. The van der Waals surface area contributed by atoms with Gasteiger partial charge in [0.1, 0.15) is 5.82 Å². The number of anilines is 2. The van der Waals surface area contributed by atoms with Gasteiger partial charge in [0.25, 0.3) is 5.91 Å². The minimum atomic E-state index is -0.327. The highest BCUT2D eigenvalue weighted by Gasteiger charge is 2.17. The number of aromatic nitrogens is 2. The van der Waals surface area contributed by atoms with Gasteiger partial charge in [0.05, 0.1) is 11.3 Å². The second-order valence-electron chi connectivity index (χ2n) is 6.40. The van der Waals surface area contributed by atoms with Crippen molar-refractivity contribution in [1.29, 1.82) is 0 Å². The van der Waals surface area contributed by atoms with E-state index in [2.05, 4.69) is 15.3 Å². The SMILES string of the molecule is Cc1cc(C)nc(Nc2ccccc2C(=O)N(C)Cc2ccccc2F)n1. The van der Waals surface area contributed by atoms with Crippen LogP contribution in [0, 0.1) is 19.7 Å². The summed E-state index contributed by atoms with van der Waals surface area (Å²) in [5.41, 5.74) is 3.22. The molecule has 0 aliphatic carbocycles. The van der Waals surface area contributed by atoms with Gasteiger partial charge >= 0.3 is 0 Å². The molecule has 0 fully saturated rings. The normalized spacial score (nSPS) is 10.5. The fourth-order valence-electron chi connectivity index (χ4n) is 2.84. The van der Waals surface area contributed by atoms with E-state index in [0.29, 0.717) is 22.8 Å². The van der Waals surface area contributed by atoms with E-state index in [-0.39, 0.29) is 18.3 Å². The molecular weight excluding hydrogens is 343 g/mol. The molecule has 0 radical (unpaired) electrons. The van der Waals surface area contributed by atoms with Gasteiger partial charge in [0.15, 0.2) is 0 Å². The maximum Gasteiger partial charge on any atom is 0.256 e. The maximum atomic E-state index is 13.9. The molecule has 0 unspecified atom stereocenters. The molecule has 1 aromatic heterocycles. The fourth-order valence-corrected chi connectivity index (χ4v) is 2.84. The highest BCUT2D eigenvalue weighted by Crippen LogP contribution is 2.21. The molecule has 0 spiro atoms. The molecule has 1 amide bonds. The van der Waals surface area contributed by atoms with Crippen LogP contribution in [0.3, 0.4) is 0 Å². The number of halogens is 1. The van der Waals surface area contributed by atoms with Crippen molar-refractivity contribution in [3.8, 4) is 0 Å². The van der Waals surface area contributed by atoms with Crippen molar-refractivity contribution in [2.45, 2.75) is 20.4 Å². The van der Waals surface area contributed by atoms with Crippen LogP contribution in [0.1, 0.15) is 27.3 Å². The highest BCUT2D eigenvalue weighted by atomic mass is 19.1. The summed E-state index contributed by atoms with van der Waals surface area (Å²) in [5, 5.41) is 3.12. The van der Waals surface area contributed by atoms with Gasteiger partial charge in [0.2, 0.25) is 5.95 Å². The van der Waals surface area contributed by atoms with Crippen molar-refractivity contribution < 1.29 is 9.18 Å². The zero-order valence-corrected chi connectivity index (χ0v) is 15.5. The summed E-state index contributed by atoms with van der Waals surface area (Å²) in [4.78, 5) is 23.1. The first-order chi connectivity index (χ1) is 12.9. The van der Waals surface area contributed by atoms with E-state index in [9.17, 15) is 9.18 Å². The lowest BCUT2D eigenvalue weighted by Gasteiger charge is -2.20. The molecule has 27 heavy (non-hydrogen) atoms. The molecule has 0 aliphatic rings. The van der Waals surface area contributed by atoms with E-state index in [1.165, 1.54) is 11.0 Å². The van der Waals surface area contributed by atoms with Crippen LogP contribution in [-0.2, 0) is 6.54 Å². The third-order valence-corrected chi connectivity index (χ3v) is 4.10. The van der Waals surface area contributed by atoms with Crippen molar-refractivity contribution in [1.82, 2.24) is 14.9 Å². The van der Waals surface area contributed by atoms with Gasteiger partial charge in [-0.2, -0.15) is 0 Å². The van der Waals surface area contributed by atoms with E-state index in [1.54, 1.807) is 43.4 Å². The molecule has 0 atom stereocenters. The quantitative estimate of drug-likeness (QED) is 0.735. The van der Waals surface area contributed by atoms with Crippen molar-refractivity contribution in [3.05, 3.63) is 82.9 Å². The number of nitrogens with zero attached hydrogens (tertiary/aromatic N) is 3. The molecule has 5 nitrogen and oxygen atoms in total. The lowest BCUT2D eigenvalue weighted by Crippen LogP contribution is -2.27. The summed E-state index contributed by atoms with van der Waals surface area (Å²) >= 11 is 0. The number of nitrogens with one attached hydrogen (secondary N) is 1. The van der Waals surface area contributed by atoms with Crippen LogP contribution in [-0.4, -0.2) is 27.8 Å². The van der Waals surface area contributed by atoms with Crippen LogP contribution in [0.5, 0.6) is 0 Å². The second-order valence-corrected chi connectivity index (χ2v) is 6.40. The number of benzene rings is 2. The van der Waals surface area contributed by atoms with Crippen molar-refractivity contribution >= 4 is 17.5 Å². The average molecular weight is 364 g/mol. The van der Waals surface area contributed by atoms with Gasteiger partial charge < -0.3 is 10.2 Å². The Balaban J connectivity index is 1.84. The van der Waals surface area contributed by atoms with Gasteiger partial charge in [-0.1, -0.05) is 30.3 Å². The molecule has 0 bridgehead atoms. The smallest absolute Gasteiger partial charge is 0.256 e. The molecular formula is C21H21FN4O. The third kappa shape index (κ3) is 4.47. The van der Waals surface area contributed by atoms with Crippen LogP contribution < -0.4 is 5.32 Å². The Bertz CT molecular complexity index is 954. The van der Waals surface area contributed by atoms with E-state index in [4.69, 9.17) is 0 Å². The number of carbonyl (C=O) groups excluding carboxylic acids is 1. The van der Waals surface area contributed by atoms with Crippen molar-refractivity contribution in [3.63, 3.8) is 0 Å². The Kier molecular flexibility index (Phi) is 5.45. The zero-order valence-electron chi connectivity index (χ0n) is 15.5. The number of carbonyl (C=O) groups is 1. The number of hydrogen-bond acceptors (Lipinski definition) is 4. The Labute approximate surface area is 157 Å². The van der Waals surface area contributed by atoms with Crippen molar-refractivity contribution in [2.24, 2.45) is 0 Å². The zero-order chi connectivity index (χ0) is 19.4. The number of hydrogen-bond donors (Lipinski definition) is 1. The number of amides is 1. The summed E-state index contributed by atoms with van der Waals surface area (Å²) in [7, 11) is 1.65. The minimum absolute atomic E-state index is 0.180. The van der Waals surface area contributed by atoms with Gasteiger partial charge in [-0.05, 0) is 38.1 Å². The minimum Gasteiger partial charge on any atom is -0.337 e. The van der Waals surface area contributed by atoms with Gasteiger partial charge in [-0.3, -0.25) is 4.79 Å². The first-order valence-electron chi connectivity index (χ1n) is 8.61. The first-order valence-corrected chi connectivity index (χ1v) is 8.61. The molecule has 0 saturated heterocycles. The van der Waals surface area contributed by atoms with Crippen LogP contribution in [0.25, 0.3) is 0 Å². The van der Waals surface area contributed by atoms with Crippen LogP contribution >= 0.6 is 0 Å². The predicted octanol–water partition coefficient (Wildman–Crippen LogP) is 4.25. The lowest BCUT2D eigenvalue weighted by molar-refractivity contribution is 0.0785. The van der Waals surface area contributed by atoms with Gasteiger partial charge in [-0.25, -0.2) is 14.4 Å². The van der Waals surface area contributed by atoms with E-state index in [1.807, 2.05) is 26.0 Å². The summed E-state index contributed by atoms with van der Waals surface area (Å²) in [6.07, 6.45) is 0. The molecule has 3 rings (SSSR count). The Morgan fingerprint density at radius 1 is 1.04 bits per heavy atom. The Morgan fingerprint density at radius 2 is 1.67 bits per heavy atom. The Hall–Kier alpha value is -3.28. The summed E-state index contributed by atoms with van der Waals surface area (Å²) in [6.45, 7) is 3.96. The molecule has 138 valence electrons. The fraction of sp³-hybridized carbons (Fsp3) is 0.190. The molecule has 0 saturated carbocycles. The summed E-state index contributed by atoms with van der Waals surface area (Å²) in [5.74, 6) is -0.109. The lowest BCUT2D eigenvalue weighted by atomic mass is 10.1. The molecule has 3 aromatic rings. The standard InChI is InChI=1S/C21H21FN4O/c1-14-12-15(2)24-21(23-14)25-19-11-7-5-9-17(19)20(27)26(3)13-16-8-4-6-10-18(16)22/h4-12H,13H2,1-3H3,(H,23,24,25). The maximum absolute atomic E-state index is 13.9. The highest BCUT2D eigenvalue weighted by molar-refractivity contribution is 6.00. The Morgan fingerprint density at radius 3 is 2.37 bits per heavy atom. The average Bonchev–Trinajstić information content (AvgIpc) is 2.62. The molecule has 0 aliphatic heterocycles. The number of rotatable bonds is 5. The van der Waals surface area contributed by atoms with Gasteiger partial charge in [-0.15, -0.1) is 0 Å². The van der Waals surface area contributed by atoms with Gasteiger partial charge in [0, 0.05) is 30.5 Å². The summed E-state index contributed by atoms with van der Waals surface area (Å²) in [6, 6.07) is 15.5. The van der Waals surface area contributed by atoms with E-state index >= 15 is 0 Å². The number of aryl methyl sites for hydroxylation is 2. The largest absolute Gasteiger partial charge is 0.337 e. The monoisotopic (exact) mass is 364 g/mol. The first kappa shape index (κ1) is 18.5. The van der Waals surface area contributed by atoms with E-state index in [0.717, 1.165) is 11.4 Å². The topological polar surface area (TPSA) is 58.1 Å². The van der Waals surface area contributed by atoms with Crippen LogP contribution in [0.4, 0.5) is 16.0 Å². The van der Waals surface area contributed by atoms with Crippen molar-refractivity contribution in [2.75, 3.05) is 12.4 Å². The predicted molar refractivity (Wildman–Crippen MR) is 103 cm³/mol. The summed E-state index contributed by atoms with van der Waals surface area (Å²) < 4.78 is 13.9. The molecule has 6 heteroatoms. The third-order valence-electron chi connectivity index (χ3n) is 4.10. The second kappa shape index (κ2) is 7.95. The molecule has 2 aromatic carbocycles. The molecule has 1 N–H and O–H groups in total. The van der Waals surface area contributed by atoms with E-state index < -0.39 is 0 Å². The van der Waals surface area contributed by atoms with Crippen LogP contribution in [0.2, 0.25) is 0 Å².